The van der Waals surface area contributed by atoms with Gasteiger partial charge in [-0.15, -0.1) is 11.3 Å². The third-order valence-electron chi connectivity index (χ3n) is 2.68. The van der Waals surface area contributed by atoms with Crippen LogP contribution in [0.5, 0.6) is 0 Å². The molecule has 0 saturated heterocycles. The molecule has 1 heterocycles. The number of hydrogen-bond acceptors (Lipinski definition) is 3. The Morgan fingerprint density at radius 3 is 2.62 bits per heavy atom. The third kappa shape index (κ3) is 3.61. The molecule has 3 nitrogen and oxygen atoms in total. The molecule has 0 spiro atoms. The normalized spacial score (nSPS) is 10.8. The molecule has 0 aliphatic rings. The first-order valence-corrected chi connectivity index (χ1v) is 6.61. The van der Waals surface area contributed by atoms with Crippen molar-refractivity contribution in [2.24, 2.45) is 0 Å². The monoisotopic (exact) mass is 240 g/mol. The zero-order chi connectivity index (χ0) is 12.0. The molecular weight excluding hydrogens is 220 g/mol. The molecule has 1 aromatic heterocycles. The largest absolute Gasteiger partial charge is 0.350 e. The van der Waals surface area contributed by atoms with Crippen molar-refractivity contribution in [2.75, 3.05) is 26.2 Å². The Hall–Kier alpha value is -0.870. The SMILES string of the molecule is CCN(CC)CCNC(=O)c1sccc1C. The molecule has 0 radical (unpaired) electrons. The number of likely N-dealkylation sites (N-methyl/N-ethyl adjacent to an activating group) is 1. The molecular formula is C12H20N2OS. The van der Waals surface area contributed by atoms with Crippen LogP contribution < -0.4 is 5.32 Å². The zero-order valence-corrected chi connectivity index (χ0v) is 11.1. The maximum absolute atomic E-state index is 11.8. The van der Waals surface area contributed by atoms with Gasteiger partial charge in [-0.05, 0) is 37.0 Å². The van der Waals surface area contributed by atoms with Gasteiger partial charge >= 0.3 is 0 Å². The van der Waals surface area contributed by atoms with E-state index in [9.17, 15) is 4.79 Å². The van der Waals surface area contributed by atoms with E-state index >= 15 is 0 Å². The van der Waals surface area contributed by atoms with Crippen LogP contribution in [0.1, 0.15) is 29.1 Å². The number of hydrogen-bond donors (Lipinski definition) is 1. The van der Waals surface area contributed by atoms with Crippen LogP contribution in [0.3, 0.4) is 0 Å². The van der Waals surface area contributed by atoms with Crippen LogP contribution in [0.4, 0.5) is 0 Å². The van der Waals surface area contributed by atoms with E-state index in [1.807, 2.05) is 18.4 Å². The quantitative estimate of drug-likeness (QED) is 0.826. The third-order valence-corrected chi connectivity index (χ3v) is 3.69. The highest BCUT2D eigenvalue weighted by Gasteiger charge is 2.09. The van der Waals surface area contributed by atoms with Crippen LogP contribution in [0.15, 0.2) is 11.4 Å². The average molecular weight is 240 g/mol. The smallest absolute Gasteiger partial charge is 0.261 e. The minimum Gasteiger partial charge on any atom is -0.350 e. The zero-order valence-electron chi connectivity index (χ0n) is 10.2. The van der Waals surface area contributed by atoms with E-state index in [1.165, 1.54) is 11.3 Å². The fourth-order valence-corrected chi connectivity index (χ4v) is 2.39. The highest BCUT2D eigenvalue weighted by molar-refractivity contribution is 7.12. The van der Waals surface area contributed by atoms with Crippen LogP contribution in [-0.2, 0) is 0 Å². The van der Waals surface area contributed by atoms with Crippen molar-refractivity contribution in [3.8, 4) is 0 Å². The number of carbonyl (C=O) groups excluding carboxylic acids is 1. The summed E-state index contributed by atoms with van der Waals surface area (Å²) in [5, 5.41) is 4.91. The molecule has 0 aliphatic carbocycles. The highest BCUT2D eigenvalue weighted by atomic mass is 32.1. The molecule has 4 heteroatoms. The first-order chi connectivity index (χ1) is 7.69. The van der Waals surface area contributed by atoms with Crippen LogP contribution in [0.2, 0.25) is 0 Å². The van der Waals surface area contributed by atoms with Gasteiger partial charge < -0.3 is 10.2 Å². The molecule has 1 N–H and O–H groups in total. The second kappa shape index (κ2) is 6.66. The van der Waals surface area contributed by atoms with Crippen LogP contribution in [0, 0.1) is 6.92 Å². The van der Waals surface area contributed by atoms with Gasteiger partial charge in [0.15, 0.2) is 0 Å². The first kappa shape index (κ1) is 13.2. The van der Waals surface area contributed by atoms with Gasteiger partial charge in [0, 0.05) is 13.1 Å². The molecule has 0 aliphatic heterocycles. The van der Waals surface area contributed by atoms with Gasteiger partial charge in [-0.25, -0.2) is 0 Å². The molecule has 1 amide bonds. The molecule has 0 atom stereocenters. The molecule has 0 fully saturated rings. The summed E-state index contributed by atoms with van der Waals surface area (Å²) in [5.41, 5.74) is 1.06. The van der Waals surface area contributed by atoms with Gasteiger partial charge in [0.05, 0.1) is 4.88 Å². The van der Waals surface area contributed by atoms with Crippen LogP contribution >= 0.6 is 11.3 Å². The van der Waals surface area contributed by atoms with E-state index in [-0.39, 0.29) is 5.91 Å². The number of nitrogens with zero attached hydrogens (tertiary/aromatic N) is 1. The second-order valence-corrected chi connectivity index (χ2v) is 4.63. The van der Waals surface area contributed by atoms with E-state index in [1.54, 1.807) is 0 Å². The van der Waals surface area contributed by atoms with Crippen molar-refractivity contribution in [3.63, 3.8) is 0 Å². The Morgan fingerprint density at radius 2 is 2.12 bits per heavy atom. The Kier molecular flexibility index (Phi) is 5.49. The molecule has 16 heavy (non-hydrogen) atoms. The number of carbonyl (C=O) groups is 1. The predicted molar refractivity (Wildman–Crippen MR) is 69.2 cm³/mol. The Labute approximate surface area is 101 Å². The van der Waals surface area contributed by atoms with Gasteiger partial charge in [-0.1, -0.05) is 13.8 Å². The Morgan fingerprint density at radius 1 is 1.44 bits per heavy atom. The van der Waals surface area contributed by atoms with Crippen LogP contribution in [0.25, 0.3) is 0 Å². The molecule has 1 rings (SSSR count). The standard InChI is InChI=1S/C12H20N2OS/c1-4-14(5-2)8-7-13-12(15)11-10(3)6-9-16-11/h6,9H,4-5,7-8H2,1-3H3,(H,13,15). The van der Waals surface area contributed by atoms with Crippen molar-refractivity contribution >= 4 is 17.2 Å². The van der Waals surface area contributed by atoms with E-state index in [0.717, 1.165) is 36.6 Å². The molecule has 0 saturated carbocycles. The Balaban J connectivity index is 2.34. The number of amides is 1. The number of aryl methyl sites for hydroxylation is 1. The van der Waals surface area contributed by atoms with E-state index < -0.39 is 0 Å². The summed E-state index contributed by atoms with van der Waals surface area (Å²) in [4.78, 5) is 14.9. The molecule has 0 unspecified atom stereocenters. The van der Waals surface area contributed by atoms with Crippen molar-refractivity contribution in [2.45, 2.75) is 20.8 Å². The van der Waals surface area contributed by atoms with Gasteiger partial charge in [-0.3, -0.25) is 4.79 Å². The van der Waals surface area contributed by atoms with Crippen molar-refractivity contribution in [3.05, 3.63) is 21.9 Å². The minimum atomic E-state index is 0.0552. The van der Waals surface area contributed by atoms with E-state index in [2.05, 4.69) is 24.1 Å². The minimum absolute atomic E-state index is 0.0552. The fraction of sp³-hybridized carbons (Fsp3) is 0.583. The van der Waals surface area contributed by atoms with Crippen molar-refractivity contribution in [1.29, 1.82) is 0 Å². The lowest BCUT2D eigenvalue weighted by Crippen LogP contribution is -2.34. The van der Waals surface area contributed by atoms with Crippen molar-refractivity contribution < 1.29 is 4.79 Å². The summed E-state index contributed by atoms with van der Waals surface area (Å²) in [5.74, 6) is 0.0552. The van der Waals surface area contributed by atoms with E-state index in [0.29, 0.717) is 0 Å². The maximum Gasteiger partial charge on any atom is 0.261 e. The summed E-state index contributed by atoms with van der Waals surface area (Å²) in [6, 6.07) is 1.98. The molecule has 90 valence electrons. The summed E-state index contributed by atoms with van der Waals surface area (Å²) in [6.07, 6.45) is 0. The summed E-state index contributed by atoms with van der Waals surface area (Å²) >= 11 is 1.50. The summed E-state index contributed by atoms with van der Waals surface area (Å²) in [6.45, 7) is 9.94. The van der Waals surface area contributed by atoms with E-state index in [4.69, 9.17) is 0 Å². The number of rotatable bonds is 6. The lowest BCUT2D eigenvalue weighted by atomic mass is 10.3. The predicted octanol–water partition coefficient (Wildman–Crippen LogP) is 2.13. The lowest BCUT2D eigenvalue weighted by Gasteiger charge is -2.17. The Bertz CT molecular complexity index is 332. The van der Waals surface area contributed by atoms with Gasteiger partial charge in [-0.2, -0.15) is 0 Å². The van der Waals surface area contributed by atoms with Crippen LogP contribution in [-0.4, -0.2) is 37.0 Å². The number of nitrogens with one attached hydrogen (secondary N) is 1. The average Bonchev–Trinajstić information content (AvgIpc) is 2.70. The highest BCUT2D eigenvalue weighted by Crippen LogP contribution is 2.14. The second-order valence-electron chi connectivity index (χ2n) is 3.72. The maximum atomic E-state index is 11.8. The fourth-order valence-electron chi connectivity index (χ4n) is 1.55. The molecule has 0 bridgehead atoms. The van der Waals surface area contributed by atoms with Crippen molar-refractivity contribution in [1.82, 2.24) is 10.2 Å². The van der Waals surface area contributed by atoms with Gasteiger partial charge in [0.25, 0.3) is 5.91 Å². The summed E-state index contributed by atoms with van der Waals surface area (Å²) < 4.78 is 0. The first-order valence-electron chi connectivity index (χ1n) is 5.73. The summed E-state index contributed by atoms with van der Waals surface area (Å²) in [7, 11) is 0. The molecule has 1 aromatic rings. The van der Waals surface area contributed by atoms with Gasteiger partial charge in [0.1, 0.15) is 0 Å². The number of thiophene rings is 1. The van der Waals surface area contributed by atoms with Gasteiger partial charge in [0.2, 0.25) is 0 Å². The lowest BCUT2D eigenvalue weighted by molar-refractivity contribution is 0.0952. The topological polar surface area (TPSA) is 32.3 Å². The molecule has 0 aromatic carbocycles.